The Kier molecular flexibility index (Phi) is 6.98. The Labute approximate surface area is 184 Å². The summed E-state index contributed by atoms with van der Waals surface area (Å²) in [5.74, 6) is 0.590. The largest absolute Gasteiger partial charge is 0.340 e. The maximum atomic E-state index is 13.0. The first kappa shape index (κ1) is 20.3. The SMILES string of the molecule is O=C(C1CCN(Cc2ccncc2)CC1)N1CCN(Cc2csc(I)c2)CC1. The first-order chi connectivity index (χ1) is 13.7. The summed E-state index contributed by atoms with van der Waals surface area (Å²) in [6.07, 6.45) is 5.67. The van der Waals surface area contributed by atoms with Crippen molar-refractivity contribution in [1.82, 2.24) is 19.7 Å². The normalized spacial score (nSPS) is 19.8. The number of thiophene rings is 1. The molecule has 0 aromatic carbocycles. The smallest absolute Gasteiger partial charge is 0.225 e. The predicted octanol–water partition coefficient (Wildman–Crippen LogP) is 3.30. The van der Waals surface area contributed by atoms with E-state index in [-0.39, 0.29) is 5.92 Å². The number of nitrogens with zero attached hydrogens (tertiary/aromatic N) is 4. The van der Waals surface area contributed by atoms with Crippen LogP contribution in [0.1, 0.15) is 24.0 Å². The van der Waals surface area contributed by atoms with Crippen molar-refractivity contribution >= 4 is 39.8 Å². The highest BCUT2D eigenvalue weighted by Crippen LogP contribution is 2.23. The van der Waals surface area contributed by atoms with Crippen LogP contribution in [0.3, 0.4) is 0 Å². The number of hydrogen-bond donors (Lipinski definition) is 0. The van der Waals surface area contributed by atoms with E-state index in [1.54, 1.807) is 11.3 Å². The highest BCUT2D eigenvalue weighted by atomic mass is 127. The van der Waals surface area contributed by atoms with E-state index in [2.05, 4.69) is 65.9 Å². The summed E-state index contributed by atoms with van der Waals surface area (Å²) in [6, 6.07) is 6.42. The molecule has 150 valence electrons. The first-order valence-corrected chi connectivity index (χ1v) is 12.0. The minimum Gasteiger partial charge on any atom is -0.340 e. The van der Waals surface area contributed by atoms with Crippen molar-refractivity contribution in [2.24, 2.45) is 5.92 Å². The van der Waals surface area contributed by atoms with Gasteiger partial charge in [-0.25, -0.2) is 0 Å². The van der Waals surface area contributed by atoms with Gasteiger partial charge in [0.2, 0.25) is 5.91 Å². The Hall–Kier alpha value is -1.03. The molecule has 7 heteroatoms. The summed E-state index contributed by atoms with van der Waals surface area (Å²) in [5, 5.41) is 2.25. The molecular formula is C21H27IN4OS. The number of piperazine rings is 1. The number of pyridine rings is 1. The molecule has 2 aromatic heterocycles. The van der Waals surface area contributed by atoms with Crippen LogP contribution in [0.15, 0.2) is 36.0 Å². The second kappa shape index (κ2) is 9.65. The number of carbonyl (C=O) groups excluding carboxylic acids is 1. The Balaban J connectivity index is 1.20. The van der Waals surface area contributed by atoms with Crippen LogP contribution in [-0.2, 0) is 17.9 Å². The fourth-order valence-corrected chi connectivity index (χ4v) is 5.56. The van der Waals surface area contributed by atoms with Gasteiger partial charge < -0.3 is 4.90 Å². The van der Waals surface area contributed by atoms with Crippen LogP contribution in [-0.4, -0.2) is 64.9 Å². The molecule has 0 unspecified atom stereocenters. The number of likely N-dealkylation sites (tertiary alicyclic amines) is 1. The van der Waals surface area contributed by atoms with Crippen LogP contribution in [0, 0.1) is 8.80 Å². The van der Waals surface area contributed by atoms with Crippen molar-refractivity contribution in [2.75, 3.05) is 39.3 Å². The molecule has 4 rings (SSSR count). The van der Waals surface area contributed by atoms with Crippen LogP contribution >= 0.6 is 33.9 Å². The molecular weight excluding hydrogens is 483 g/mol. The van der Waals surface area contributed by atoms with E-state index in [1.807, 2.05) is 12.4 Å². The van der Waals surface area contributed by atoms with Gasteiger partial charge in [0.05, 0.1) is 2.88 Å². The van der Waals surface area contributed by atoms with E-state index in [4.69, 9.17) is 0 Å². The fourth-order valence-electron chi connectivity index (χ4n) is 4.16. The van der Waals surface area contributed by atoms with Gasteiger partial charge in [0.25, 0.3) is 0 Å². The van der Waals surface area contributed by atoms with Crippen molar-refractivity contribution in [1.29, 1.82) is 0 Å². The molecule has 0 N–H and O–H groups in total. The van der Waals surface area contributed by atoms with Crippen LogP contribution in [0.4, 0.5) is 0 Å². The third kappa shape index (κ3) is 5.31. The average molecular weight is 510 g/mol. The van der Waals surface area contributed by atoms with E-state index in [1.165, 1.54) is 14.0 Å². The summed E-state index contributed by atoms with van der Waals surface area (Å²) in [5.41, 5.74) is 2.70. The van der Waals surface area contributed by atoms with Gasteiger partial charge in [0, 0.05) is 57.6 Å². The van der Waals surface area contributed by atoms with Crippen molar-refractivity contribution < 1.29 is 4.79 Å². The molecule has 0 bridgehead atoms. The van der Waals surface area contributed by atoms with Gasteiger partial charge in [-0.1, -0.05) is 0 Å². The Morgan fingerprint density at radius 3 is 2.29 bits per heavy atom. The minimum absolute atomic E-state index is 0.207. The number of amides is 1. The van der Waals surface area contributed by atoms with Crippen molar-refractivity contribution in [3.05, 3.63) is 50.0 Å². The fraction of sp³-hybridized carbons (Fsp3) is 0.524. The van der Waals surface area contributed by atoms with Crippen LogP contribution in [0.2, 0.25) is 0 Å². The number of halogens is 1. The van der Waals surface area contributed by atoms with Gasteiger partial charge in [-0.05, 0) is 83.2 Å². The molecule has 2 aromatic rings. The molecule has 2 saturated heterocycles. The number of piperidine rings is 1. The molecule has 2 aliphatic rings. The topological polar surface area (TPSA) is 39.7 Å². The Morgan fingerprint density at radius 1 is 1.00 bits per heavy atom. The zero-order chi connectivity index (χ0) is 19.3. The quantitative estimate of drug-likeness (QED) is 0.579. The molecule has 0 saturated carbocycles. The number of aromatic nitrogens is 1. The van der Waals surface area contributed by atoms with Gasteiger partial charge in [0.15, 0.2) is 0 Å². The molecule has 0 radical (unpaired) electrons. The van der Waals surface area contributed by atoms with Crippen LogP contribution < -0.4 is 0 Å². The van der Waals surface area contributed by atoms with Gasteiger partial charge in [-0.2, -0.15) is 0 Å². The minimum atomic E-state index is 0.207. The Morgan fingerprint density at radius 2 is 1.64 bits per heavy atom. The summed E-state index contributed by atoms with van der Waals surface area (Å²) in [6.45, 7) is 7.70. The zero-order valence-electron chi connectivity index (χ0n) is 16.1. The van der Waals surface area contributed by atoms with Crippen LogP contribution in [0.5, 0.6) is 0 Å². The lowest BCUT2D eigenvalue weighted by Gasteiger charge is -2.38. The van der Waals surface area contributed by atoms with Crippen molar-refractivity contribution in [2.45, 2.75) is 25.9 Å². The predicted molar refractivity (Wildman–Crippen MR) is 121 cm³/mol. The van der Waals surface area contributed by atoms with E-state index in [0.29, 0.717) is 5.91 Å². The Bertz CT molecular complexity index is 768. The molecule has 0 aliphatic carbocycles. The van der Waals surface area contributed by atoms with E-state index in [9.17, 15) is 4.79 Å². The number of carbonyl (C=O) groups is 1. The van der Waals surface area contributed by atoms with Crippen molar-refractivity contribution in [3.8, 4) is 0 Å². The lowest BCUT2D eigenvalue weighted by molar-refractivity contribution is -0.139. The lowest BCUT2D eigenvalue weighted by atomic mass is 9.94. The summed E-state index contributed by atoms with van der Waals surface area (Å²) >= 11 is 4.19. The molecule has 5 nitrogen and oxygen atoms in total. The summed E-state index contributed by atoms with van der Waals surface area (Å²) in [4.78, 5) is 24.1. The maximum Gasteiger partial charge on any atom is 0.225 e. The summed E-state index contributed by atoms with van der Waals surface area (Å²) < 4.78 is 1.34. The standard InChI is InChI=1S/C21H27IN4OS/c22-20-13-18(16-28-20)15-25-9-11-26(12-10-25)21(27)19-3-7-24(8-4-19)14-17-1-5-23-6-2-17/h1-2,5-6,13,16,19H,3-4,7-12,14-15H2. The van der Waals surface area contributed by atoms with Crippen molar-refractivity contribution in [3.63, 3.8) is 0 Å². The maximum absolute atomic E-state index is 13.0. The number of rotatable bonds is 5. The molecule has 0 atom stereocenters. The molecule has 1 amide bonds. The van der Waals surface area contributed by atoms with Gasteiger partial charge in [0.1, 0.15) is 0 Å². The third-order valence-electron chi connectivity index (χ3n) is 5.80. The molecule has 2 aliphatic heterocycles. The van der Waals surface area contributed by atoms with E-state index in [0.717, 1.165) is 65.2 Å². The lowest BCUT2D eigenvalue weighted by Crippen LogP contribution is -2.51. The highest BCUT2D eigenvalue weighted by molar-refractivity contribution is 14.1. The van der Waals surface area contributed by atoms with Gasteiger partial charge in [-0.15, -0.1) is 11.3 Å². The highest BCUT2D eigenvalue weighted by Gasteiger charge is 2.30. The summed E-state index contributed by atoms with van der Waals surface area (Å²) in [7, 11) is 0. The molecule has 28 heavy (non-hydrogen) atoms. The molecule has 0 spiro atoms. The molecule has 2 fully saturated rings. The monoisotopic (exact) mass is 510 g/mol. The van der Waals surface area contributed by atoms with Gasteiger partial charge in [-0.3, -0.25) is 19.6 Å². The average Bonchev–Trinajstić information content (AvgIpc) is 3.14. The number of hydrogen-bond acceptors (Lipinski definition) is 5. The second-order valence-corrected chi connectivity index (χ2v) is 10.6. The zero-order valence-corrected chi connectivity index (χ0v) is 19.1. The van der Waals surface area contributed by atoms with E-state index >= 15 is 0 Å². The molecule has 4 heterocycles. The first-order valence-electron chi connectivity index (χ1n) is 10.0. The second-order valence-electron chi connectivity index (χ2n) is 7.77. The third-order valence-corrected chi connectivity index (χ3v) is 7.64. The van der Waals surface area contributed by atoms with E-state index < -0.39 is 0 Å². The van der Waals surface area contributed by atoms with Gasteiger partial charge >= 0.3 is 0 Å². The van der Waals surface area contributed by atoms with Crippen LogP contribution in [0.25, 0.3) is 0 Å².